The van der Waals surface area contributed by atoms with E-state index in [1.807, 2.05) is 0 Å². The first-order valence-corrected chi connectivity index (χ1v) is 10.0. The van der Waals surface area contributed by atoms with Crippen LogP contribution in [0.5, 0.6) is 0 Å². The van der Waals surface area contributed by atoms with E-state index in [1.54, 1.807) is 25.3 Å². The van der Waals surface area contributed by atoms with E-state index >= 15 is 0 Å². The number of halogens is 4. The molecule has 0 radical (unpaired) electrons. The summed E-state index contributed by atoms with van der Waals surface area (Å²) in [6, 6.07) is 5.19. The number of hydrogen-bond donors (Lipinski definition) is 2. The minimum atomic E-state index is -4.28. The van der Waals surface area contributed by atoms with Crippen LogP contribution in [0.2, 0.25) is 0 Å². The quantitative estimate of drug-likeness (QED) is 0.270. The van der Waals surface area contributed by atoms with Gasteiger partial charge in [-0.3, -0.25) is 9.79 Å². The number of ether oxygens (including phenoxy) is 1. The lowest BCUT2D eigenvalue weighted by atomic mass is 10.1. The predicted octanol–water partition coefficient (Wildman–Crippen LogP) is 3.90. The van der Waals surface area contributed by atoms with E-state index in [2.05, 4.69) is 22.2 Å². The molecule has 1 aromatic carbocycles. The summed E-state index contributed by atoms with van der Waals surface area (Å²) in [6.45, 7) is 4.25. The third-order valence-corrected chi connectivity index (χ3v) is 4.77. The number of amides is 1. The standard InChI is InChI=1S/C22H25ClF3N3O2/c1-14(19(13-27-2)29-20(30)16-8-10-18(23)11-9-16)31-21(28-3)17-6-4-15(5-7-17)12-22(24,25)26/h4-10,18-19,27H,1,11-13H2,2-3H3,(H,29,30). The first kappa shape index (κ1) is 24.7. The van der Waals surface area contributed by atoms with Gasteiger partial charge in [0.1, 0.15) is 5.76 Å². The molecule has 0 aromatic heterocycles. The molecule has 31 heavy (non-hydrogen) atoms. The fourth-order valence-corrected chi connectivity index (χ4v) is 3.04. The second-order valence-electron chi connectivity index (χ2n) is 6.94. The van der Waals surface area contributed by atoms with Crippen LogP contribution in [0.25, 0.3) is 0 Å². The minimum Gasteiger partial charge on any atom is -0.442 e. The lowest BCUT2D eigenvalue weighted by Gasteiger charge is -2.22. The normalized spacial score (nSPS) is 17.7. The maximum Gasteiger partial charge on any atom is 0.393 e. The van der Waals surface area contributed by atoms with Crippen LogP contribution < -0.4 is 10.6 Å². The summed E-state index contributed by atoms with van der Waals surface area (Å²) < 4.78 is 43.4. The highest BCUT2D eigenvalue weighted by molar-refractivity contribution is 6.22. The first-order valence-electron chi connectivity index (χ1n) is 9.60. The summed E-state index contributed by atoms with van der Waals surface area (Å²) in [7, 11) is 3.22. The number of hydrogen-bond acceptors (Lipinski definition) is 4. The molecule has 5 nitrogen and oxygen atoms in total. The predicted molar refractivity (Wildman–Crippen MR) is 116 cm³/mol. The van der Waals surface area contributed by atoms with Gasteiger partial charge in [-0.2, -0.15) is 13.2 Å². The van der Waals surface area contributed by atoms with Crippen LogP contribution in [0.1, 0.15) is 17.5 Å². The number of rotatable bonds is 8. The van der Waals surface area contributed by atoms with E-state index in [9.17, 15) is 18.0 Å². The van der Waals surface area contributed by atoms with Crippen molar-refractivity contribution < 1.29 is 22.7 Å². The van der Waals surface area contributed by atoms with Gasteiger partial charge in [0.05, 0.1) is 17.8 Å². The van der Waals surface area contributed by atoms with E-state index in [-0.39, 0.29) is 28.5 Å². The summed E-state index contributed by atoms with van der Waals surface area (Å²) in [5.74, 6) is 0.121. The number of likely N-dealkylation sites (N-methyl/N-ethyl adjacent to an activating group) is 1. The minimum absolute atomic E-state index is 0.131. The second-order valence-corrected chi connectivity index (χ2v) is 7.50. The average Bonchev–Trinajstić information content (AvgIpc) is 2.71. The fourth-order valence-electron chi connectivity index (χ4n) is 2.88. The summed E-state index contributed by atoms with van der Waals surface area (Å²) in [5.41, 5.74) is 1.13. The molecule has 0 aliphatic heterocycles. The van der Waals surface area contributed by atoms with Gasteiger partial charge in [-0.15, -0.1) is 11.6 Å². The lowest BCUT2D eigenvalue weighted by Crippen LogP contribution is -2.43. The Hall–Kier alpha value is -2.58. The summed E-state index contributed by atoms with van der Waals surface area (Å²) >= 11 is 5.99. The molecular formula is C22H25ClF3N3O2. The van der Waals surface area contributed by atoms with Crippen molar-refractivity contribution in [1.29, 1.82) is 0 Å². The second kappa shape index (κ2) is 11.2. The van der Waals surface area contributed by atoms with Crippen LogP contribution >= 0.6 is 11.6 Å². The van der Waals surface area contributed by atoms with Crippen LogP contribution in [0.15, 0.2) is 65.4 Å². The Morgan fingerprint density at radius 2 is 2.03 bits per heavy atom. The molecule has 1 aliphatic rings. The molecule has 2 N–H and O–H groups in total. The molecule has 2 atom stereocenters. The van der Waals surface area contributed by atoms with E-state index in [0.29, 0.717) is 24.1 Å². The summed E-state index contributed by atoms with van der Waals surface area (Å²) in [4.78, 5) is 16.6. The maximum atomic E-state index is 12.6. The van der Waals surface area contributed by atoms with Gasteiger partial charge in [0.15, 0.2) is 0 Å². The molecule has 168 valence electrons. The Morgan fingerprint density at radius 3 is 2.55 bits per heavy atom. The highest BCUT2D eigenvalue weighted by atomic mass is 35.5. The van der Waals surface area contributed by atoms with Gasteiger partial charge in [0, 0.05) is 24.7 Å². The molecule has 0 heterocycles. The Bertz CT molecular complexity index is 877. The third-order valence-electron chi connectivity index (χ3n) is 4.45. The number of nitrogens with zero attached hydrogens (tertiary/aromatic N) is 1. The first-order chi connectivity index (χ1) is 14.6. The Morgan fingerprint density at radius 1 is 1.35 bits per heavy atom. The zero-order valence-electron chi connectivity index (χ0n) is 17.3. The van der Waals surface area contributed by atoms with Gasteiger partial charge in [-0.25, -0.2) is 0 Å². The number of allylic oxidation sites excluding steroid dienone is 2. The molecule has 0 spiro atoms. The Balaban J connectivity index is 2.06. The molecule has 2 unspecified atom stereocenters. The van der Waals surface area contributed by atoms with Crippen LogP contribution in [-0.2, 0) is 16.0 Å². The number of alkyl halides is 4. The molecule has 1 aliphatic carbocycles. The van der Waals surface area contributed by atoms with Gasteiger partial charge < -0.3 is 15.4 Å². The van der Waals surface area contributed by atoms with Gasteiger partial charge in [0.25, 0.3) is 5.91 Å². The largest absolute Gasteiger partial charge is 0.442 e. The zero-order valence-corrected chi connectivity index (χ0v) is 18.1. The smallest absolute Gasteiger partial charge is 0.393 e. The van der Waals surface area contributed by atoms with Crippen molar-refractivity contribution in [2.75, 3.05) is 20.6 Å². The molecule has 1 amide bonds. The van der Waals surface area contributed by atoms with Crippen molar-refractivity contribution in [2.24, 2.45) is 4.99 Å². The highest BCUT2D eigenvalue weighted by Gasteiger charge is 2.27. The number of carbonyl (C=O) groups excluding carboxylic acids is 1. The maximum absolute atomic E-state index is 12.6. The molecule has 1 aromatic rings. The topological polar surface area (TPSA) is 62.7 Å². The Kier molecular flexibility index (Phi) is 8.88. The van der Waals surface area contributed by atoms with E-state index in [0.717, 1.165) is 0 Å². The fraction of sp³-hybridized carbons (Fsp3) is 0.364. The van der Waals surface area contributed by atoms with Crippen molar-refractivity contribution in [1.82, 2.24) is 10.6 Å². The van der Waals surface area contributed by atoms with Gasteiger partial charge in [0.2, 0.25) is 5.90 Å². The number of carbonyl (C=O) groups is 1. The monoisotopic (exact) mass is 455 g/mol. The van der Waals surface area contributed by atoms with Crippen LogP contribution in [0, 0.1) is 0 Å². The molecule has 0 bridgehead atoms. The van der Waals surface area contributed by atoms with E-state index in [1.165, 1.54) is 31.3 Å². The van der Waals surface area contributed by atoms with E-state index in [4.69, 9.17) is 16.3 Å². The SMILES string of the molecule is C=C(OC(=NC)c1ccc(CC(F)(F)F)cc1)C(CNC)NC(=O)C1=CCC(Cl)C=C1. The molecule has 9 heteroatoms. The van der Waals surface area contributed by atoms with Crippen molar-refractivity contribution in [3.05, 3.63) is 71.5 Å². The van der Waals surface area contributed by atoms with Crippen LogP contribution in [0.4, 0.5) is 13.2 Å². The number of aliphatic imine (C=N–C) groups is 1. The molecule has 0 fully saturated rings. The molecular weight excluding hydrogens is 431 g/mol. The van der Waals surface area contributed by atoms with Crippen molar-refractivity contribution in [2.45, 2.75) is 30.4 Å². The molecule has 0 saturated heterocycles. The zero-order chi connectivity index (χ0) is 23.0. The molecule has 0 saturated carbocycles. The lowest BCUT2D eigenvalue weighted by molar-refractivity contribution is -0.127. The highest BCUT2D eigenvalue weighted by Crippen LogP contribution is 2.22. The van der Waals surface area contributed by atoms with Gasteiger partial charge in [-0.05, 0) is 31.2 Å². The molecule has 2 rings (SSSR count). The third kappa shape index (κ3) is 7.88. The van der Waals surface area contributed by atoms with Crippen molar-refractivity contribution >= 4 is 23.4 Å². The average molecular weight is 456 g/mol. The number of benzene rings is 1. The number of nitrogens with one attached hydrogen (secondary N) is 2. The van der Waals surface area contributed by atoms with Crippen LogP contribution in [0.3, 0.4) is 0 Å². The van der Waals surface area contributed by atoms with Crippen molar-refractivity contribution in [3.63, 3.8) is 0 Å². The van der Waals surface area contributed by atoms with Gasteiger partial charge in [-0.1, -0.05) is 36.9 Å². The van der Waals surface area contributed by atoms with Gasteiger partial charge >= 0.3 is 6.18 Å². The van der Waals surface area contributed by atoms with Crippen LogP contribution in [-0.4, -0.2) is 50.0 Å². The van der Waals surface area contributed by atoms with E-state index < -0.39 is 18.6 Å². The summed E-state index contributed by atoms with van der Waals surface area (Å²) in [6.07, 6.45) is 0.447. The summed E-state index contributed by atoms with van der Waals surface area (Å²) in [5, 5.41) is 5.68. The van der Waals surface area contributed by atoms with Crippen molar-refractivity contribution in [3.8, 4) is 0 Å². The Labute approximate surface area is 184 Å².